The number of hydrogen-bond acceptors (Lipinski definition) is 3. The highest BCUT2D eigenvalue weighted by Gasteiger charge is 2.19. The van der Waals surface area contributed by atoms with E-state index in [1.54, 1.807) is 16.7 Å². The van der Waals surface area contributed by atoms with Crippen molar-refractivity contribution in [2.45, 2.75) is 32.4 Å². The first-order valence-corrected chi connectivity index (χ1v) is 6.74. The van der Waals surface area contributed by atoms with Gasteiger partial charge in [0.05, 0.1) is 0 Å². The van der Waals surface area contributed by atoms with Gasteiger partial charge in [-0.05, 0) is 31.7 Å². The summed E-state index contributed by atoms with van der Waals surface area (Å²) in [5, 5.41) is 3.51. The van der Waals surface area contributed by atoms with Crippen LogP contribution in [0.5, 0.6) is 0 Å². The number of ether oxygens (including phenoxy) is 1. The van der Waals surface area contributed by atoms with E-state index >= 15 is 0 Å². The molecule has 1 aromatic heterocycles. The molecule has 1 aliphatic rings. The molecule has 1 saturated heterocycles. The van der Waals surface area contributed by atoms with Crippen LogP contribution in [0.4, 0.5) is 0 Å². The predicted octanol–water partition coefficient (Wildman–Crippen LogP) is 1.25. The highest BCUT2D eigenvalue weighted by Crippen LogP contribution is 2.18. The van der Waals surface area contributed by atoms with Gasteiger partial charge in [0.2, 0.25) is 0 Å². The fourth-order valence-corrected chi connectivity index (χ4v) is 2.44. The van der Waals surface area contributed by atoms with Crippen molar-refractivity contribution in [2.75, 3.05) is 19.8 Å². The van der Waals surface area contributed by atoms with Gasteiger partial charge in [0.1, 0.15) is 0 Å². The molecule has 0 bridgehead atoms. The number of hydrogen-bond donors (Lipinski definition) is 1. The van der Waals surface area contributed by atoms with Crippen LogP contribution >= 0.6 is 0 Å². The second-order valence-corrected chi connectivity index (χ2v) is 4.92. The van der Waals surface area contributed by atoms with Gasteiger partial charge in [-0.2, -0.15) is 0 Å². The third-order valence-electron chi connectivity index (χ3n) is 3.69. The fourth-order valence-electron chi connectivity index (χ4n) is 2.44. The van der Waals surface area contributed by atoms with Gasteiger partial charge in [-0.15, -0.1) is 0 Å². The molecule has 0 aromatic carbocycles. The molecule has 18 heavy (non-hydrogen) atoms. The van der Waals surface area contributed by atoms with Gasteiger partial charge in [-0.25, -0.2) is 0 Å². The van der Waals surface area contributed by atoms with Crippen LogP contribution in [-0.2, 0) is 11.3 Å². The fraction of sp³-hybridized carbons (Fsp3) is 0.643. The molecule has 1 aromatic rings. The summed E-state index contributed by atoms with van der Waals surface area (Å²) in [6, 6.07) is 5.76. The van der Waals surface area contributed by atoms with E-state index in [-0.39, 0.29) is 5.56 Å². The first kappa shape index (κ1) is 13.3. The lowest BCUT2D eigenvalue weighted by Crippen LogP contribution is -2.39. The SMILES string of the molecule is CC(NCCn1ccccc1=O)C1CCOCC1. The van der Waals surface area contributed by atoms with Gasteiger partial charge in [-0.3, -0.25) is 4.79 Å². The highest BCUT2D eigenvalue weighted by molar-refractivity contribution is 4.93. The Bertz CT molecular complexity index is 410. The first-order chi connectivity index (χ1) is 8.77. The van der Waals surface area contributed by atoms with Crippen molar-refractivity contribution in [3.05, 3.63) is 34.7 Å². The van der Waals surface area contributed by atoms with Crippen LogP contribution in [0.1, 0.15) is 19.8 Å². The Morgan fingerprint density at radius 2 is 2.22 bits per heavy atom. The molecule has 0 saturated carbocycles. The first-order valence-electron chi connectivity index (χ1n) is 6.74. The van der Waals surface area contributed by atoms with Crippen LogP contribution in [0.15, 0.2) is 29.2 Å². The lowest BCUT2D eigenvalue weighted by Gasteiger charge is -2.28. The zero-order valence-corrected chi connectivity index (χ0v) is 11.0. The van der Waals surface area contributed by atoms with Gasteiger partial charge in [-0.1, -0.05) is 6.07 Å². The van der Waals surface area contributed by atoms with E-state index < -0.39 is 0 Å². The maximum atomic E-state index is 11.5. The van der Waals surface area contributed by atoms with E-state index in [1.807, 2.05) is 12.3 Å². The van der Waals surface area contributed by atoms with Crippen LogP contribution in [0.25, 0.3) is 0 Å². The highest BCUT2D eigenvalue weighted by atomic mass is 16.5. The lowest BCUT2D eigenvalue weighted by molar-refractivity contribution is 0.0559. The monoisotopic (exact) mass is 250 g/mol. The Balaban J connectivity index is 1.74. The van der Waals surface area contributed by atoms with Crippen molar-refractivity contribution in [1.29, 1.82) is 0 Å². The Hall–Kier alpha value is -1.13. The van der Waals surface area contributed by atoms with Crippen LogP contribution < -0.4 is 10.9 Å². The van der Waals surface area contributed by atoms with Gasteiger partial charge in [0, 0.05) is 44.6 Å². The van der Waals surface area contributed by atoms with Crippen LogP contribution in [-0.4, -0.2) is 30.4 Å². The third kappa shape index (κ3) is 3.68. The molecule has 0 aliphatic carbocycles. The molecule has 4 heteroatoms. The Morgan fingerprint density at radius 1 is 1.44 bits per heavy atom. The van der Waals surface area contributed by atoms with Crippen LogP contribution in [0.2, 0.25) is 0 Å². The van der Waals surface area contributed by atoms with Crippen LogP contribution in [0.3, 0.4) is 0 Å². The average molecular weight is 250 g/mol. The zero-order valence-electron chi connectivity index (χ0n) is 11.0. The summed E-state index contributed by atoms with van der Waals surface area (Å²) in [7, 11) is 0. The van der Waals surface area contributed by atoms with Crippen molar-refractivity contribution in [2.24, 2.45) is 5.92 Å². The van der Waals surface area contributed by atoms with E-state index in [0.717, 1.165) is 39.1 Å². The number of nitrogens with one attached hydrogen (secondary N) is 1. The predicted molar refractivity (Wildman–Crippen MR) is 71.7 cm³/mol. The minimum Gasteiger partial charge on any atom is -0.381 e. The Kier molecular flexibility index (Phi) is 4.96. The topological polar surface area (TPSA) is 43.3 Å². The van der Waals surface area contributed by atoms with Crippen molar-refractivity contribution >= 4 is 0 Å². The van der Waals surface area contributed by atoms with Gasteiger partial charge in [0.25, 0.3) is 5.56 Å². The molecule has 1 fully saturated rings. The second-order valence-electron chi connectivity index (χ2n) is 4.92. The molecule has 0 amide bonds. The molecular weight excluding hydrogens is 228 g/mol. The zero-order chi connectivity index (χ0) is 12.8. The molecule has 1 N–H and O–H groups in total. The number of rotatable bonds is 5. The van der Waals surface area contributed by atoms with E-state index in [4.69, 9.17) is 4.74 Å². The molecule has 4 nitrogen and oxygen atoms in total. The summed E-state index contributed by atoms with van der Waals surface area (Å²) < 4.78 is 7.11. The molecule has 0 radical (unpaired) electrons. The maximum absolute atomic E-state index is 11.5. The van der Waals surface area contributed by atoms with E-state index in [2.05, 4.69) is 12.2 Å². The van der Waals surface area contributed by atoms with E-state index in [0.29, 0.717) is 12.0 Å². The smallest absolute Gasteiger partial charge is 0.250 e. The molecular formula is C14H22N2O2. The lowest BCUT2D eigenvalue weighted by atomic mass is 9.93. The largest absolute Gasteiger partial charge is 0.381 e. The van der Waals surface area contributed by atoms with Crippen molar-refractivity contribution in [1.82, 2.24) is 9.88 Å². The van der Waals surface area contributed by atoms with Gasteiger partial charge in [0.15, 0.2) is 0 Å². The van der Waals surface area contributed by atoms with Crippen LogP contribution in [0, 0.1) is 5.92 Å². The molecule has 100 valence electrons. The molecule has 1 atom stereocenters. The standard InChI is InChI=1S/C14H22N2O2/c1-12(13-5-10-18-11-6-13)15-7-9-16-8-3-2-4-14(16)17/h2-4,8,12-13,15H,5-7,9-11H2,1H3. The summed E-state index contributed by atoms with van der Waals surface area (Å²) in [5.41, 5.74) is 0.0676. The summed E-state index contributed by atoms with van der Waals surface area (Å²) >= 11 is 0. The van der Waals surface area contributed by atoms with Crippen molar-refractivity contribution in [3.8, 4) is 0 Å². The van der Waals surface area contributed by atoms with Crippen molar-refractivity contribution < 1.29 is 4.74 Å². The summed E-state index contributed by atoms with van der Waals surface area (Å²) in [6.45, 7) is 5.56. The molecule has 1 aliphatic heterocycles. The summed E-state index contributed by atoms with van der Waals surface area (Å²) in [4.78, 5) is 11.5. The maximum Gasteiger partial charge on any atom is 0.250 e. The second kappa shape index (κ2) is 6.71. The normalized spacial score (nSPS) is 18.7. The third-order valence-corrected chi connectivity index (χ3v) is 3.69. The Morgan fingerprint density at radius 3 is 2.94 bits per heavy atom. The Labute approximate surface area is 108 Å². The average Bonchev–Trinajstić information content (AvgIpc) is 2.42. The summed E-state index contributed by atoms with van der Waals surface area (Å²) in [5.74, 6) is 0.700. The molecule has 0 spiro atoms. The molecule has 2 heterocycles. The molecule has 1 unspecified atom stereocenters. The van der Waals surface area contributed by atoms with Gasteiger partial charge >= 0.3 is 0 Å². The van der Waals surface area contributed by atoms with Crippen molar-refractivity contribution in [3.63, 3.8) is 0 Å². The summed E-state index contributed by atoms with van der Waals surface area (Å²) in [6.07, 6.45) is 4.11. The van der Waals surface area contributed by atoms with Gasteiger partial charge < -0.3 is 14.6 Å². The minimum atomic E-state index is 0.0676. The van der Waals surface area contributed by atoms with E-state index in [9.17, 15) is 4.79 Å². The number of nitrogens with zero attached hydrogens (tertiary/aromatic N) is 1. The molecule has 2 rings (SSSR count). The quantitative estimate of drug-likeness (QED) is 0.855. The number of pyridine rings is 1. The number of aromatic nitrogens is 1. The van der Waals surface area contributed by atoms with E-state index in [1.165, 1.54) is 0 Å². The minimum absolute atomic E-state index is 0.0676.